The van der Waals surface area contributed by atoms with E-state index in [2.05, 4.69) is 28.1 Å². The Kier molecular flexibility index (Phi) is 4.28. The van der Waals surface area contributed by atoms with Gasteiger partial charge in [-0.3, -0.25) is 0 Å². The zero-order valence-electron chi connectivity index (χ0n) is 10.8. The van der Waals surface area contributed by atoms with E-state index in [1.54, 1.807) is 0 Å². The molecule has 1 aliphatic carbocycles. The molecule has 1 rings (SSSR count). The molecule has 1 N–H and O–H groups in total. The quantitative estimate of drug-likeness (QED) is 0.685. The van der Waals surface area contributed by atoms with Gasteiger partial charge in [-0.15, -0.1) is 0 Å². The maximum atomic E-state index is 10.0. The lowest BCUT2D eigenvalue weighted by Gasteiger charge is -2.36. The second kappa shape index (κ2) is 4.90. The van der Waals surface area contributed by atoms with Crippen LogP contribution in [-0.4, -0.2) is 18.0 Å². The molecule has 0 aromatic rings. The minimum Gasteiger partial charge on any atom is -0.390 e. The van der Waals surface area contributed by atoms with Gasteiger partial charge in [0.05, 0.1) is 5.60 Å². The van der Waals surface area contributed by atoms with E-state index in [-0.39, 0.29) is 0 Å². The summed E-state index contributed by atoms with van der Waals surface area (Å²) in [5, 5.41) is 10.4. The molecule has 0 heterocycles. The molecule has 0 unspecified atom stereocenters. The third-order valence-corrected chi connectivity index (χ3v) is 3.66. The lowest BCUT2D eigenvalue weighted by molar-refractivity contribution is 0.0300. The van der Waals surface area contributed by atoms with E-state index in [4.69, 9.17) is 0 Å². The lowest BCUT2D eigenvalue weighted by Crippen LogP contribution is -2.29. The van der Waals surface area contributed by atoms with Crippen molar-refractivity contribution in [3.63, 3.8) is 0 Å². The van der Waals surface area contributed by atoms with Crippen LogP contribution >= 0.6 is 0 Å². The first-order chi connectivity index (χ1) is 6.83. The van der Waals surface area contributed by atoms with E-state index in [0.29, 0.717) is 11.1 Å². The van der Waals surface area contributed by atoms with Crippen molar-refractivity contribution in [2.75, 3.05) is 0 Å². The third-order valence-electron chi connectivity index (χ3n) is 3.66. The zero-order chi connectivity index (χ0) is 11.5. The summed E-state index contributed by atoms with van der Waals surface area (Å²) in [4.78, 5) is 0. The third kappa shape index (κ3) is 4.59. The van der Waals surface area contributed by atoms with Gasteiger partial charge in [0.1, 0.15) is 7.28 Å². The maximum Gasteiger partial charge on any atom is 0.120 e. The zero-order valence-corrected chi connectivity index (χ0v) is 10.8. The highest BCUT2D eigenvalue weighted by atomic mass is 16.3. The first-order valence-corrected chi connectivity index (χ1v) is 6.41. The van der Waals surface area contributed by atoms with Gasteiger partial charge >= 0.3 is 0 Å². The van der Waals surface area contributed by atoms with Crippen molar-refractivity contribution in [1.29, 1.82) is 0 Å². The molecular formula is C13H26BO. The second-order valence-corrected chi connectivity index (χ2v) is 6.27. The van der Waals surface area contributed by atoms with Gasteiger partial charge in [0.15, 0.2) is 0 Å². The van der Waals surface area contributed by atoms with Crippen LogP contribution < -0.4 is 0 Å². The Labute approximate surface area is 95.9 Å². The number of hydrogen-bond donors (Lipinski definition) is 1. The molecule has 0 aromatic heterocycles. The minimum atomic E-state index is -0.404. The number of aliphatic hydroxyl groups is 1. The fourth-order valence-electron chi connectivity index (χ4n) is 2.97. The van der Waals surface area contributed by atoms with Crippen LogP contribution in [0.3, 0.4) is 0 Å². The van der Waals surface area contributed by atoms with Gasteiger partial charge in [-0.2, -0.15) is 0 Å². The summed E-state index contributed by atoms with van der Waals surface area (Å²) < 4.78 is 0. The van der Waals surface area contributed by atoms with Crippen LogP contribution in [0.15, 0.2) is 0 Å². The van der Waals surface area contributed by atoms with Crippen LogP contribution in [0, 0.1) is 0 Å². The molecule has 2 heteroatoms. The molecule has 1 fully saturated rings. The lowest BCUT2D eigenvalue weighted by atomic mass is 9.44. The standard InChI is InChI=1S/C13H26BO/c1-11(2)14-12(3)7-5-9-13(4,15)10-6-8-12/h11,15H,5-10H2,1-4H3. The molecule has 1 nitrogen and oxygen atoms in total. The highest BCUT2D eigenvalue weighted by Gasteiger charge is 2.31. The molecule has 1 aliphatic rings. The van der Waals surface area contributed by atoms with Crippen molar-refractivity contribution in [3.05, 3.63) is 0 Å². The van der Waals surface area contributed by atoms with Crippen molar-refractivity contribution >= 4 is 7.28 Å². The van der Waals surface area contributed by atoms with Crippen molar-refractivity contribution in [3.8, 4) is 0 Å². The normalized spacial score (nSPS) is 38.5. The van der Waals surface area contributed by atoms with Crippen LogP contribution in [0.1, 0.15) is 66.2 Å². The summed E-state index contributed by atoms with van der Waals surface area (Å²) in [6.07, 6.45) is 6.73. The molecule has 0 aliphatic heterocycles. The van der Waals surface area contributed by atoms with E-state index in [1.807, 2.05) is 6.92 Å². The fourth-order valence-corrected chi connectivity index (χ4v) is 2.97. The molecule has 0 atom stereocenters. The van der Waals surface area contributed by atoms with Crippen LogP contribution in [0.25, 0.3) is 0 Å². The molecular weight excluding hydrogens is 183 g/mol. The van der Waals surface area contributed by atoms with Gasteiger partial charge in [-0.1, -0.05) is 57.6 Å². The van der Waals surface area contributed by atoms with Crippen LogP contribution in [-0.2, 0) is 0 Å². The van der Waals surface area contributed by atoms with Crippen molar-refractivity contribution in [2.45, 2.75) is 83.0 Å². The van der Waals surface area contributed by atoms with Crippen molar-refractivity contribution < 1.29 is 5.11 Å². The summed E-state index contributed by atoms with van der Waals surface area (Å²) in [6, 6.07) is 0. The molecule has 1 saturated carbocycles. The summed E-state index contributed by atoms with van der Waals surface area (Å²) in [5.41, 5.74) is -0.404. The van der Waals surface area contributed by atoms with E-state index in [9.17, 15) is 5.11 Å². The second-order valence-electron chi connectivity index (χ2n) is 6.27. The van der Waals surface area contributed by atoms with Gasteiger partial charge in [0.25, 0.3) is 0 Å². The Morgan fingerprint density at radius 1 is 1.00 bits per heavy atom. The van der Waals surface area contributed by atoms with E-state index < -0.39 is 5.60 Å². The monoisotopic (exact) mass is 209 g/mol. The maximum absolute atomic E-state index is 10.0. The van der Waals surface area contributed by atoms with Gasteiger partial charge in [-0.25, -0.2) is 0 Å². The molecule has 0 bridgehead atoms. The summed E-state index contributed by atoms with van der Waals surface area (Å²) >= 11 is 0. The van der Waals surface area contributed by atoms with E-state index >= 15 is 0 Å². The van der Waals surface area contributed by atoms with Crippen LogP contribution in [0.2, 0.25) is 11.1 Å². The summed E-state index contributed by atoms with van der Waals surface area (Å²) in [6.45, 7) is 8.90. The van der Waals surface area contributed by atoms with Crippen LogP contribution in [0.5, 0.6) is 0 Å². The highest BCUT2D eigenvalue weighted by Crippen LogP contribution is 2.43. The van der Waals surface area contributed by atoms with Gasteiger partial charge in [-0.05, 0) is 19.8 Å². The summed E-state index contributed by atoms with van der Waals surface area (Å²) in [5.74, 6) is 0.676. The molecule has 0 aromatic carbocycles. The molecule has 0 spiro atoms. The molecule has 87 valence electrons. The van der Waals surface area contributed by atoms with Gasteiger partial charge in [0, 0.05) is 0 Å². The largest absolute Gasteiger partial charge is 0.390 e. The number of rotatable bonds is 2. The van der Waals surface area contributed by atoms with Gasteiger partial charge in [0.2, 0.25) is 0 Å². The predicted octanol–water partition coefficient (Wildman–Crippen LogP) is 3.80. The Hall–Kier alpha value is 0.0249. The summed E-state index contributed by atoms with van der Waals surface area (Å²) in [7, 11) is 2.51. The van der Waals surface area contributed by atoms with Crippen molar-refractivity contribution in [2.24, 2.45) is 0 Å². The van der Waals surface area contributed by atoms with Gasteiger partial charge < -0.3 is 5.11 Å². The first-order valence-electron chi connectivity index (χ1n) is 6.41. The fraction of sp³-hybridized carbons (Fsp3) is 1.00. The Balaban J connectivity index is 2.50. The predicted molar refractivity (Wildman–Crippen MR) is 67.5 cm³/mol. The SMILES string of the molecule is CC(C)[B]C1(C)CCCC(C)(O)CCC1. The van der Waals surface area contributed by atoms with E-state index in [1.165, 1.54) is 12.8 Å². The Morgan fingerprint density at radius 2 is 1.47 bits per heavy atom. The Bertz CT molecular complexity index is 187. The first kappa shape index (κ1) is 13.1. The highest BCUT2D eigenvalue weighted by molar-refractivity contribution is 6.41. The van der Waals surface area contributed by atoms with Crippen LogP contribution in [0.4, 0.5) is 0 Å². The molecule has 0 saturated heterocycles. The average molecular weight is 209 g/mol. The topological polar surface area (TPSA) is 20.2 Å². The minimum absolute atomic E-state index is 0.404. The molecule has 0 amide bonds. The molecule has 1 radical (unpaired) electrons. The van der Waals surface area contributed by atoms with Crippen molar-refractivity contribution in [1.82, 2.24) is 0 Å². The van der Waals surface area contributed by atoms with E-state index in [0.717, 1.165) is 25.7 Å². The number of hydrogen-bond acceptors (Lipinski definition) is 1. The molecule has 15 heavy (non-hydrogen) atoms. The Morgan fingerprint density at radius 3 is 1.87 bits per heavy atom. The average Bonchev–Trinajstić information content (AvgIpc) is 1.98. The smallest absolute Gasteiger partial charge is 0.120 e.